The fourth-order valence-corrected chi connectivity index (χ4v) is 2.80. The number of hydrogen-bond donors (Lipinski definition) is 1. The number of halogens is 2. The van der Waals surface area contributed by atoms with Crippen LogP contribution in [0, 0.1) is 0 Å². The molecule has 90 valence electrons. The third kappa shape index (κ3) is 2.26. The van der Waals surface area contributed by atoms with Crippen LogP contribution in [0.5, 0.6) is 0 Å². The quantitative estimate of drug-likeness (QED) is 0.869. The van der Waals surface area contributed by atoms with Crippen molar-refractivity contribution in [2.24, 2.45) is 0 Å². The third-order valence-corrected chi connectivity index (χ3v) is 3.97. The number of benzene rings is 1. The van der Waals surface area contributed by atoms with Crippen molar-refractivity contribution in [2.45, 2.75) is 19.8 Å². The van der Waals surface area contributed by atoms with Gasteiger partial charge in [-0.25, -0.2) is 4.68 Å². The lowest BCUT2D eigenvalue weighted by molar-refractivity contribution is 0.758. The van der Waals surface area contributed by atoms with Gasteiger partial charge in [0.15, 0.2) is 0 Å². The number of rotatable bonds is 2. The highest BCUT2D eigenvalue weighted by molar-refractivity contribution is 9.10. The summed E-state index contributed by atoms with van der Waals surface area (Å²) in [7, 11) is 0. The van der Waals surface area contributed by atoms with E-state index in [1.165, 1.54) is 0 Å². The molecule has 0 saturated carbocycles. The zero-order chi connectivity index (χ0) is 12.6. The average Bonchev–Trinajstić information content (AvgIpc) is 2.57. The second-order valence-corrected chi connectivity index (χ2v) is 5.73. The molecule has 17 heavy (non-hydrogen) atoms. The molecule has 5 heteroatoms. The van der Waals surface area contributed by atoms with E-state index in [9.17, 15) is 4.79 Å². The molecule has 0 atom stereocenters. The number of nitrogens with one attached hydrogen (secondary N) is 1. The van der Waals surface area contributed by atoms with Gasteiger partial charge in [-0.3, -0.25) is 9.89 Å². The molecule has 0 spiro atoms. The average molecular weight is 360 g/mol. The highest BCUT2D eigenvalue weighted by atomic mass is 79.9. The molecule has 1 aromatic heterocycles. The summed E-state index contributed by atoms with van der Waals surface area (Å²) in [4.78, 5) is 12.1. The Morgan fingerprint density at radius 3 is 2.41 bits per heavy atom. The highest BCUT2D eigenvalue weighted by Gasteiger charge is 2.16. The SMILES string of the molecule is CC(C)c1[nH]n(-c2ccccc2Br)c(=O)c1Br. The molecule has 0 bridgehead atoms. The minimum Gasteiger partial charge on any atom is -0.294 e. The van der Waals surface area contributed by atoms with Gasteiger partial charge < -0.3 is 0 Å². The molecule has 0 radical (unpaired) electrons. The van der Waals surface area contributed by atoms with E-state index in [1.54, 1.807) is 4.68 Å². The number of aromatic nitrogens is 2. The standard InChI is InChI=1S/C12H12Br2N2O/c1-7(2)11-10(14)12(17)16(15-11)9-6-4-3-5-8(9)13/h3-7,15H,1-2H3. The molecule has 0 aliphatic heterocycles. The minimum absolute atomic E-state index is 0.0689. The van der Waals surface area contributed by atoms with E-state index in [0.717, 1.165) is 15.9 Å². The summed E-state index contributed by atoms with van der Waals surface area (Å²) >= 11 is 6.79. The largest absolute Gasteiger partial charge is 0.294 e. The first-order chi connectivity index (χ1) is 8.02. The van der Waals surface area contributed by atoms with Crippen molar-refractivity contribution in [3.8, 4) is 5.69 Å². The third-order valence-electron chi connectivity index (χ3n) is 2.53. The van der Waals surface area contributed by atoms with Crippen LogP contribution in [0.4, 0.5) is 0 Å². The van der Waals surface area contributed by atoms with Crippen LogP contribution in [-0.2, 0) is 0 Å². The van der Waals surface area contributed by atoms with Gasteiger partial charge in [0.1, 0.15) is 4.47 Å². The Bertz CT molecular complexity index is 599. The second-order valence-electron chi connectivity index (χ2n) is 4.09. The molecule has 2 aromatic rings. The van der Waals surface area contributed by atoms with Crippen molar-refractivity contribution in [3.63, 3.8) is 0 Å². The topological polar surface area (TPSA) is 37.8 Å². The van der Waals surface area contributed by atoms with E-state index in [2.05, 4.69) is 37.0 Å². The lowest BCUT2D eigenvalue weighted by atomic mass is 10.1. The fraction of sp³-hybridized carbons (Fsp3) is 0.250. The van der Waals surface area contributed by atoms with E-state index >= 15 is 0 Å². The Morgan fingerprint density at radius 2 is 1.88 bits per heavy atom. The number of nitrogens with zero attached hydrogens (tertiary/aromatic N) is 1. The lowest BCUT2D eigenvalue weighted by Crippen LogP contribution is -2.15. The minimum atomic E-state index is -0.0689. The number of para-hydroxylation sites is 1. The zero-order valence-electron chi connectivity index (χ0n) is 9.50. The van der Waals surface area contributed by atoms with Crippen molar-refractivity contribution in [2.75, 3.05) is 0 Å². The van der Waals surface area contributed by atoms with Crippen molar-refractivity contribution >= 4 is 31.9 Å². The molecular formula is C12H12Br2N2O. The van der Waals surface area contributed by atoms with Crippen LogP contribution in [0.1, 0.15) is 25.5 Å². The molecule has 1 N–H and O–H groups in total. The first-order valence-electron chi connectivity index (χ1n) is 5.27. The summed E-state index contributed by atoms with van der Waals surface area (Å²) in [6, 6.07) is 7.61. The summed E-state index contributed by atoms with van der Waals surface area (Å²) in [5.41, 5.74) is 1.65. The van der Waals surface area contributed by atoms with Crippen LogP contribution in [0.25, 0.3) is 5.69 Å². The monoisotopic (exact) mass is 358 g/mol. The van der Waals surface area contributed by atoms with E-state index in [-0.39, 0.29) is 11.5 Å². The van der Waals surface area contributed by atoms with Crippen molar-refractivity contribution in [3.05, 3.63) is 49.3 Å². The van der Waals surface area contributed by atoms with E-state index in [1.807, 2.05) is 38.1 Å². The van der Waals surface area contributed by atoms with Crippen LogP contribution in [-0.4, -0.2) is 9.78 Å². The first kappa shape index (κ1) is 12.6. The Kier molecular flexibility index (Phi) is 3.58. The summed E-state index contributed by atoms with van der Waals surface area (Å²) in [6.07, 6.45) is 0. The second kappa shape index (κ2) is 4.82. The maximum absolute atomic E-state index is 12.1. The Hall–Kier alpha value is -0.810. The van der Waals surface area contributed by atoms with E-state index in [4.69, 9.17) is 0 Å². The Balaban J connectivity index is 2.66. The smallest absolute Gasteiger partial charge is 0.285 e. The predicted molar refractivity (Wildman–Crippen MR) is 75.9 cm³/mol. The van der Waals surface area contributed by atoms with Gasteiger partial charge in [-0.05, 0) is 49.9 Å². The summed E-state index contributed by atoms with van der Waals surface area (Å²) < 4.78 is 3.03. The summed E-state index contributed by atoms with van der Waals surface area (Å²) in [5.74, 6) is 0.265. The van der Waals surface area contributed by atoms with Crippen LogP contribution >= 0.6 is 31.9 Å². The summed E-state index contributed by atoms with van der Waals surface area (Å²) in [6.45, 7) is 4.08. The van der Waals surface area contributed by atoms with Crippen molar-refractivity contribution in [1.29, 1.82) is 0 Å². The predicted octanol–water partition coefficient (Wildman–Crippen LogP) is 3.81. The molecule has 0 fully saturated rings. The van der Waals surface area contributed by atoms with Crippen molar-refractivity contribution < 1.29 is 0 Å². The first-order valence-corrected chi connectivity index (χ1v) is 6.86. The van der Waals surface area contributed by atoms with Gasteiger partial charge in [0.05, 0.1) is 11.4 Å². The molecule has 0 aliphatic rings. The van der Waals surface area contributed by atoms with Crippen LogP contribution < -0.4 is 5.56 Å². The van der Waals surface area contributed by atoms with Crippen LogP contribution in [0.15, 0.2) is 38.0 Å². The van der Waals surface area contributed by atoms with Gasteiger partial charge in [-0.15, -0.1) is 0 Å². The molecule has 0 unspecified atom stereocenters. The molecule has 0 aliphatic carbocycles. The number of aromatic amines is 1. The molecule has 1 aromatic carbocycles. The highest BCUT2D eigenvalue weighted by Crippen LogP contribution is 2.23. The molecule has 2 rings (SSSR count). The van der Waals surface area contributed by atoms with E-state index < -0.39 is 0 Å². The normalized spacial score (nSPS) is 11.1. The number of hydrogen-bond acceptors (Lipinski definition) is 1. The van der Waals surface area contributed by atoms with Gasteiger partial charge in [-0.2, -0.15) is 0 Å². The molecule has 1 heterocycles. The van der Waals surface area contributed by atoms with Crippen molar-refractivity contribution in [1.82, 2.24) is 9.78 Å². The number of H-pyrrole nitrogens is 1. The lowest BCUT2D eigenvalue weighted by Gasteiger charge is -2.05. The molecule has 3 nitrogen and oxygen atoms in total. The zero-order valence-corrected chi connectivity index (χ0v) is 12.7. The van der Waals surface area contributed by atoms with Gasteiger partial charge in [-0.1, -0.05) is 26.0 Å². The van der Waals surface area contributed by atoms with Gasteiger partial charge >= 0.3 is 0 Å². The van der Waals surface area contributed by atoms with Crippen LogP contribution in [0.2, 0.25) is 0 Å². The Labute approximate surface area is 116 Å². The van der Waals surface area contributed by atoms with Crippen LogP contribution in [0.3, 0.4) is 0 Å². The fourth-order valence-electron chi connectivity index (χ4n) is 1.62. The van der Waals surface area contributed by atoms with Gasteiger partial charge in [0, 0.05) is 4.47 Å². The molecule has 0 saturated heterocycles. The maximum atomic E-state index is 12.1. The maximum Gasteiger partial charge on any atom is 0.285 e. The van der Waals surface area contributed by atoms with E-state index in [0.29, 0.717) is 4.47 Å². The van der Waals surface area contributed by atoms with Gasteiger partial charge in [0.2, 0.25) is 0 Å². The summed E-state index contributed by atoms with van der Waals surface area (Å²) in [5, 5.41) is 3.13. The molecular weight excluding hydrogens is 348 g/mol. The van der Waals surface area contributed by atoms with Gasteiger partial charge in [0.25, 0.3) is 5.56 Å². The Morgan fingerprint density at radius 1 is 1.24 bits per heavy atom. The molecule has 0 amide bonds.